The van der Waals surface area contributed by atoms with Gasteiger partial charge in [-0.1, -0.05) is 50.2 Å². The van der Waals surface area contributed by atoms with E-state index in [1.54, 1.807) is 18.2 Å². The molecule has 2 rings (SSSR count). The number of aliphatic hydroxyl groups is 1. The number of esters is 1. The van der Waals surface area contributed by atoms with Crippen LogP contribution in [0, 0.1) is 5.92 Å². The van der Waals surface area contributed by atoms with Crippen LogP contribution in [0.2, 0.25) is 0 Å². The van der Waals surface area contributed by atoms with E-state index >= 15 is 0 Å². The monoisotopic (exact) mass is 355 g/mol. The molecule has 5 heteroatoms. The maximum absolute atomic E-state index is 12.9. The van der Waals surface area contributed by atoms with Crippen LogP contribution in [0.15, 0.2) is 48.5 Å². The lowest BCUT2D eigenvalue weighted by Crippen LogP contribution is -2.42. The second-order valence-electron chi connectivity index (χ2n) is 6.58. The van der Waals surface area contributed by atoms with E-state index in [0.29, 0.717) is 23.1 Å². The molecule has 0 spiro atoms. The van der Waals surface area contributed by atoms with Gasteiger partial charge in [-0.25, -0.2) is 4.79 Å². The third-order valence-corrected chi connectivity index (χ3v) is 4.09. The predicted octanol–water partition coefficient (Wildman–Crippen LogP) is 3.16. The molecule has 0 saturated carbocycles. The number of ether oxygens (including phenoxy) is 1. The van der Waals surface area contributed by atoms with E-state index < -0.39 is 12.0 Å². The minimum atomic E-state index is -0.700. The number of methoxy groups -OCH3 is 1. The summed E-state index contributed by atoms with van der Waals surface area (Å²) >= 11 is 0. The first-order valence-electron chi connectivity index (χ1n) is 8.64. The standard InChI is InChI=1S/C21H25NO4/c1-14(2)11-19(21(25)26-3)22-20(24)17-10-9-15(13-23)12-18(17)16-7-5-4-6-8-16/h4-10,12,14,19,23H,11,13H2,1-3H3,(H,22,24)/t19-/m0/s1. The molecule has 5 nitrogen and oxygen atoms in total. The van der Waals surface area contributed by atoms with Crippen LogP contribution in [0.3, 0.4) is 0 Å². The first-order chi connectivity index (χ1) is 12.5. The molecule has 0 saturated heterocycles. The first-order valence-corrected chi connectivity index (χ1v) is 8.64. The van der Waals surface area contributed by atoms with Gasteiger partial charge < -0.3 is 15.2 Å². The number of benzene rings is 2. The van der Waals surface area contributed by atoms with Crippen molar-refractivity contribution < 1.29 is 19.4 Å². The van der Waals surface area contributed by atoms with Crippen molar-refractivity contribution in [3.8, 4) is 11.1 Å². The van der Waals surface area contributed by atoms with Crippen LogP contribution in [0.5, 0.6) is 0 Å². The average molecular weight is 355 g/mol. The fourth-order valence-electron chi connectivity index (χ4n) is 2.81. The molecule has 0 fully saturated rings. The van der Waals surface area contributed by atoms with Gasteiger partial charge in [-0.2, -0.15) is 0 Å². The number of rotatable bonds is 7. The molecule has 1 atom stereocenters. The molecule has 26 heavy (non-hydrogen) atoms. The molecular formula is C21H25NO4. The average Bonchev–Trinajstić information content (AvgIpc) is 2.66. The molecule has 0 heterocycles. The lowest BCUT2D eigenvalue weighted by molar-refractivity contribution is -0.143. The smallest absolute Gasteiger partial charge is 0.328 e. The van der Waals surface area contributed by atoms with Crippen molar-refractivity contribution in [2.24, 2.45) is 5.92 Å². The van der Waals surface area contributed by atoms with Crippen LogP contribution < -0.4 is 5.32 Å². The Morgan fingerprint density at radius 1 is 1.12 bits per heavy atom. The molecule has 0 unspecified atom stereocenters. The predicted molar refractivity (Wildman–Crippen MR) is 101 cm³/mol. The highest BCUT2D eigenvalue weighted by Gasteiger charge is 2.24. The molecule has 0 bridgehead atoms. The molecule has 0 aliphatic heterocycles. The lowest BCUT2D eigenvalue weighted by atomic mass is 9.96. The Labute approximate surface area is 154 Å². The second-order valence-corrected chi connectivity index (χ2v) is 6.58. The van der Waals surface area contributed by atoms with Crippen molar-refractivity contribution in [3.63, 3.8) is 0 Å². The van der Waals surface area contributed by atoms with E-state index in [4.69, 9.17) is 4.74 Å². The van der Waals surface area contributed by atoms with Crippen molar-refractivity contribution in [2.45, 2.75) is 32.9 Å². The summed E-state index contributed by atoms with van der Waals surface area (Å²) in [5.74, 6) is -0.575. The Kier molecular flexibility index (Phi) is 6.92. The summed E-state index contributed by atoms with van der Waals surface area (Å²) in [7, 11) is 1.31. The summed E-state index contributed by atoms with van der Waals surface area (Å²) < 4.78 is 4.81. The van der Waals surface area contributed by atoms with Gasteiger partial charge in [0.15, 0.2) is 0 Å². The van der Waals surface area contributed by atoms with Gasteiger partial charge >= 0.3 is 5.97 Å². The molecule has 0 radical (unpaired) electrons. The van der Waals surface area contributed by atoms with Gasteiger partial charge in [0.05, 0.1) is 13.7 Å². The topological polar surface area (TPSA) is 75.6 Å². The van der Waals surface area contributed by atoms with Crippen LogP contribution in [-0.4, -0.2) is 30.1 Å². The van der Waals surface area contributed by atoms with Crippen LogP contribution in [0.25, 0.3) is 11.1 Å². The zero-order valence-corrected chi connectivity index (χ0v) is 15.4. The Morgan fingerprint density at radius 2 is 1.81 bits per heavy atom. The molecule has 0 aliphatic rings. The summed E-state index contributed by atoms with van der Waals surface area (Å²) in [4.78, 5) is 24.9. The number of aliphatic hydroxyl groups excluding tert-OH is 1. The number of nitrogens with one attached hydrogen (secondary N) is 1. The molecule has 2 aromatic carbocycles. The van der Waals surface area contributed by atoms with Gasteiger partial charge in [-0.05, 0) is 41.2 Å². The fraction of sp³-hybridized carbons (Fsp3) is 0.333. The summed E-state index contributed by atoms with van der Waals surface area (Å²) in [5.41, 5.74) is 2.74. The second kappa shape index (κ2) is 9.15. The summed E-state index contributed by atoms with van der Waals surface area (Å²) in [5, 5.41) is 12.2. The maximum Gasteiger partial charge on any atom is 0.328 e. The van der Waals surface area contributed by atoms with Crippen LogP contribution >= 0.6 is 0 Å². The largest absolute Gasteiger partial charge is 0.467 e. The Hall–Kier alpha value is -2.66. The van der Waals surface area contributed by atoms with E-state index in [-0.39, 0.29) is 18.4 Å². The molecular weight excluding hydrogens is 330 g/mol. The zero-order valence-electron chi connectivity index (χ0n) is 15.4. The SMILES string of the molecule is COC(=O)[C@H](CC(C)C)NC(=O)c1ccc(CO)cc1-c1ccccc1. The van der Waals surface area contributed by atoms with Crippen molar-refractivity contribution in [1.82, 2.24) is 5.32 Å². The van der Waals surface area contributed by atoms with Crippen LogP contribution in [0.1, 0.15) is 36.2 Å². The van der Waals surface area contributed by atoms with Crippen LogP contribution in [0.4, 0.5) is 0 Å². The summed E-state index contributed by atoms with van der Waals surface area (Å²) in [6.07, 6.45) is 0.494. The Bertz CT molecular complexity index is 756. The maximum atomic E-state index is 12.9. The lowest BCUT2D eigenvalue weighted by Gasteiger charge is -2.19. The number of hydrogen-bond donors (Lipinski definition) is 2. The molecule has 2 aromatic rings. The fourth-order valence-corrected chi connectivity index (χ4v) is 2.81. The highest BCUT2D eigenvalue weighted by molar-refractivity contribution is 6.02. The molecule has 0 aliphatic carbocycles. The minimum Gasteiger partial charge on any atom is -0.467 e. The number of hydrogen-bond acceptors (Lipinski definition) is 4. The van der Waals surface area contributed by atoms with E-state index in [1.807, 2.05) is 44.2 Å². The number of amides is 1. The third kappa shape index (κ3) is 4.92. The van der Waals surface area contributed by atoms with Gasteiger partial charge in [-0.15, -0.1) is 0 Å². The van der Waals surface area contributed by atoms with Gasteiger partial charge in [0.25, 0.3) is 5.91 Å². The van der Waals surface area contributed by atoms with Crippen molar-refractivity contribution in [1.29, 1.82) is 0 Å². The normalized spacial score (nSPS) is 11.9. The third-order valence-electron chi connectivity index (χ3n) is 4.09. The van der Waals surface area contributed by atoms with Crippen molar-refractivity contribution >= 4 is 11.9 Å². The first kappa shape index (κ1) is 19.7. The molecule has 138 valence electrons. The minimum absolute atomic E-state index is 0.111. The van der Waals surface area contributed by atoms with E-state index in [0.717, 1.165) is 5.56 Å². The number of carbonyl (C=O) groups is 2. The van der Waals surface area contributed by atoms with E-state index in [1.165, 1.54) is 7.11 Å². The summed E-state index contributed by atoms with van der Waals surface area (Å²) in [6.45, 7) is 3.85. The molecule has 2 N–H and O–H groups in total. The number of carbonyl (C=O) groups excluding carboxylic acids is 2. The van der Waals surface area contributed by atoms with E-state index in [9.17, 15) is 14.7 Å². The Balaban J connectivity index is 2.37. The van der Waals surface area contributed by atoms with Crippen molar-refractivity contribution in [2.75, 3.05) is 7.11 Å². The highest BCUT2D eigenvalue weighted by Crippen LogP contribution is 2.25. The van der Waals surface area contributed by atoms with E-state index in [2.05, 4.69) is 5.32 Å². The highest BCUT2D eigenvalue weighted by atomic mass is 16.5. The summed E-state index contributed by atoms with van der Waals surface area (Å²) in [6, 6.07) is 13.9. The van der Waals surface area contributed by atoms with Gasteiger partial charge in [0.2, 0.25) is 0 Å². The quantitative estimate of drug-likeness (QED) is 0.748. The van der Waals surface area contributed by atoms with Gasteiger partial charge in [-0.3, -0.25) is 4.79 Å². The van der Waals surface area contributed by atoms with Gasteiger partial charge in [0, 0.05) is 5.56 Å². The Morgan fingerprint density at radius 3 is 2.38 bits per heavy atom. The molecule has 0 aromatic heterocycles. The molecule has 1 amide bonds. The zero-order chi connectivity index (χ0) is 19.1. The van der Waals surface area contributed by atoms with Crippen LogP contribution in [-0.2, 0) is 16.1 Å². The van der Waals surface area contributed by atoms with Crippen molar-refractivity contribution in [3.05, 3.63) is 59.7 Å². The van der Waals surface area contributed by atoms with Gasteiger partial charge in [0.1, 0.15) is 6.04 Å².